The molecule has 2 aliphatic heterocycles. The minimum atomic E-state index is -4.20. The summed E-state index contributed by atoms with van der Waals surface area (Å²) in [6, 6.07) is 3.63. The number of pyridine rings is 1. The number of alkyl halides is 3. The fourth-order valence-corrected chi connectivity index (χ4v) is 4.05. The maximum Gasteiger partial charge on any atom is 0.401 e. The molecule has 1 aromatic rings. The van der Waals surface area contributed by atoms with Gasteiger partial charge < -0.3 is 0 Å². The number of rotatable bonds is 2. The summed E-state index contributed by atoms with van der Waals surface area (Å²) in [7, 11) is 0. The number of fused-ring (bicyclic) bond motifs is 2. The zero-order valence-corrected chi connectivity index (χ0v) is 12.5. The highest BCUT2D eigenvalue weighted by atomic mass is 35.5. The molecule has 118 valence electrons. The van der Waals surface area contributed by atoms with Crippen molar-refractivity contribution in [1.29, 1.82) is 5.26 Å². The van der Waals surface area contributed by atoms with Crippen molar-refractivity contribution in [3.05, 3.63) is 29.0 Å². The molecular weight excluding hydrogens is 315 g/mol. The molecule has 2 unspecified atom stereocenters. The predicted octanol–water partition coefficient (Wildman–Crippen LogP) is 3.69. The Morgan fingerprint density at radius 3 is 2.45 bits per heavy atom. The summed E-state index contributed by atoms with van der Waals surface area (Å²) in [5.74, 6) is 0. The third-order valence-corrected chi connectivity index (χ3v) is 4.98. The second kappa shape index (κ2) is 5.39. The van der Waals surface area contributed by atoms with Gasteiger partial charge in [0.25, 0.3) is 0 Å². The quantitative estimate of drug-likeness (QED) is 0.831. The van der Waals surface area contributed by atoms with Gasteiger partial charge in [-0.2, -0.15) is 18.4 Å². The predicted molar refractivity (Wildman–Crippen MR) is 75.3 cm³/mol. The van der Waals surface area contributed by atoms with E-state index in [1.807, 2.05) is 0 Å². The lowest BCUT2D eigenvalue weighted by atomic mass is 9.71. The molecule has 3 heterocycles. The van der Waals surface area contributed by atoms with Gasteiger partial charge in [0.05, 0.1) is 23.1 Å². The van der Waals surface area contributed by atoms with Crippen molar-refractivity contribution in [2.45, 2.75) is 49.4 Å². The Labute approximate surface area is 131 Å². The van der Waals surface area contributed by atoms with Crippen molar-refractivity contribution in [1.82, 2.24) is 9.88 Å². The van der Waals surface area contributed by atoms with Crippen LogP contribution in [0.2, 0.25) is 5.02 Å². The maximum atomic E-state index is 12.7. The molecule has 0 amide bonds. The van der Waals surface area contributed by atoms with Crippen molar-refractivity contribution in [2.75, 3.05) is 6.54 Å². The van der Waals surface area contributed by atoms with Gasteiger partial charge in [0, 0.05) is 24.5 Å². The van der Waals surface area contributed by atoms with Crippen molar-refractivity contribution in [2.24, 2.45) is 0 Å². The molecule has 3 nitrogen and oxygen atoms in total. The van der Waals surface area contributed by atoms with Crippen molar-refractivity contribution in [3.8, 4) is 6.07 Å². The largest absolute Gasteiger partial charge is 0.401 e. The molecule has 0 N–H and O–H groups in total. The van der Waals surface area contributed by atoms with Gasteiger partial charge in [-0.15, -0.1) is 0 Å². The molecule has 2 atom stereocenters. The molecule has 2 fully saturated rings. The van der Waals surface area contributed by atoms with Crippen molar-refractivity contribution < 1.29 is 13.2 Å². The topological polar surface area (TPSA) is 39.9 Å². The zero-order chi connectivity index (χ0) is 16.0. The Kier molecular flexibility index (Phi) is 3.82. The van der Waals surface area contributed by atoms with Crippen LogP contribution in [0.4, 0.5) is 13.2 Å². The maximum absolute atomic E-state index is 12.7. The summed E-state index contributed by atoms with van der Waals surface area (Å²) in [6.07, 6.45) is 1.11. The number of aromatic nitrogens is 1. The first-order chi connectivity index (χ1) is 10.3. The molecule has 2 aliphatic rings. The highest BCUT2D eigenvalue weighted by Gasteiger charge is 2.51. The summed E-state index contributed by atoms with van der Waals surface area (Å²) >= 11 is 5.96. The summed E-state index contributed by atoms with van der Waals surface area (Å²) in [6.45, 7) is -0.891. The lowest BCUT2D eigenvalue weighted by molar-refractivity contribution is -0.156. The molecule has 7 heteroatoms. The average molecular weight is 330 g/mol. The lowest BCUT2D eigenvalue weighted by Crippen LogP contribution is -2.51. The molecular formula is C15H15ClF3N3. The van der Waals surface area contributed by atoms with Crippen LogP contribution in [0, 0.1) is 11.3 Å². The van der Waals surface area contributed by atoms with E-state index in [4.69, 9.17) is 11.6 Å². The van der Waals surface area contributed by atoms with Crippen LogP contribution in [-0.2, 0) is 5.41 Å². The minimum absolute atomic E-state index is 0.209. The van der Waals surface area contributed by atoms with Gasteiger partial charge in [-0.3, -0.25) is 9.88 Å². The monoisotopic (exact) mass is 329 g/mol. The van der Waals surface area contributed by atoms with Gasteiger partial charge in [0.1, 0.15) is 0 Å². The van der Waals surface area contributed by atoms with Gasteiger partial charge in [-0.05, 0) is 37.3 Å². The van der Waals surface area contributed by atoms with E-state index in [9.17, 15) is 18.4 Å². The third-order valence-electron chi connectivity index (χ3n) is 4.77. The smallest absolute Gasteiger partial charge is 0.289 e. The Morgan fingerprint density at radius 2 is 1.95 bits per heavy atom. The summed E-state index contributed by atoms with van der Waals surface area (Å²) in [4.78, 5) is 5.55. The minimum Gasteiger partial charge on any atom is -0.289 e. The van der Waals surface area contributed by atoms with E-state index < -0.39 is 18.1 Å². The Balaban J connectivity index is 1.88. The summed E-state index contributed by atoms with van der Waals surface area (Å²) < 4.78 is 38.2. The summed E-state index contributed by atoms with van der Waals surface area (Å²) in [5.41, 5.74) is -0.0719. The van der Waals surface area contributed by atoms with E-state index in [2.05, 4.69) is 11.1 Å². The lowest BCUT2D eigenvalue weighted by Gasteiger charge is -2.43. The standard InChI is InChI=1S/C15H15ClF3N3/c16-11-3-10(6-21-7-11)14(8-20)4-12-1-2-13(5-14)22(12)9-15(17,18)19/h3,6-7,12-13H,1-2,4-5,9H2. The Morgan fingerprint density at radius 1 is 1.32 bits per heavy atom. The third kappa shape index (κ3) is 2.80. The highest BCUT2D eigenvalue weighted by molar-refractivity contribution is 6.30. The molecule has 0 saturated carbocycles. The van der Waals surface area contributed by atoms with E-state index >= 15 is 0 Å². The van der Waals surface area contributed by atoms with Crippen LogP contribution in [-0.4, -0.2) is 34.7 Å². The van der Waals surface area contributed by atoms with Gasteiger partial charge in [-0.1, -0.05) is 11.6 Å². The SMILES string of the molecule is N#CC1(c2cncc(Cl)c2)CC2CCC(C1)N2CC(F)(F)F. The van der Waals surface area contributed by atoms with Crippen LogP contribution in [0.1, 0.15) is 31.2 Å². The molecule has 1 aromatic heterocycles. The number of halogens is 4. The molecule has 2 saturated heterocycles. The van der Waals surface area contributed by atoms with E-state index in [1.54, 1.807) is 12.3 Å². The first kappa shape index (κ1) is 15.6. The zero-order valence-electron chi connectivity index (χ0n) is 11.8. The number of nitrogens with zero attached hydrogens (tertiary/aromatic N) is 3. The molecule has 0 radical (unpaired) electrons. The van der Waals surface area contributed by atoms with Gasteiger partial charge in [-0.25, -0.2) is 0 Å². The molecule has 0 spiro atoms. The molecule has 3 rings (SSSR count). The fraction of sp³-hybridized carbons (Fsp3) is 0.600. The number of hydrogen-bond acceptors (Lipinski definition) is 3. The van der Waals surface area contributed by atoms with Crippen LogP contribution >= 0.6 is 11.6 Å². The van der Waals surface area contributed by atoms with Gasteiger partial charge in [0.15, 0.2) is 0 Å². The number of hydrogen-bond donors (Lipinski definition) is 0. The van der Waals surface area contributed by atoms with E-state index in [0.717, 1.165) is 0 Å². The molecule has 22 heavy (non-hydrogen) atoms. The van der Waals surface area contributed by atoms with Crippen LogP contribution in [0.5, 0.6) is 0 Å². The molecule has 0 aromatic carbocycles. The molecule has 0 aliphatic carbocycles. The fourth-order valence-electron chi connectivity index (χ4n) is 3.87. The molecule has 2 bridgehead atoms. The highest BCUT2D eigenvalue weighted by Crippen LogP contribution is 2.47. The van der Waals surface area contributed by atoms with Crippen molar-refractivity contribution >= 4 is 11.6 Å². The second-order valence-electron chi connectivity index (χ2n) is 6.17. The van der Waals surface area contributed by atoms with Gasteiger partial charge in [0.2, 0.25) is 0 Å². The Bertz CT molecular complexity index is 597. The van der Waals surface area contributed by atoms with Gasteiger partial charge >= 0.3 is 6.18 Å². The second-order valence-corrected chi connectivity index (χ2v) is 6.60. The van der Waals surface area contributed by atoms with Crippen LogP contribution in [0.25, 0.3) is 0 Å². The first-order valence-electron chi connectivity index (χ1n) is 7.18. The average Bonchev–Trinajstić information content (AvgIpc) is 2.69. The van der Waals surface area contributed by atoms with Crippen molar-refractivity contribution in [3.63, 3.8) is 0 Å². The number of nitriles is 1. The van der Waals surface area contributed by atoms with E-state index in [-0.39, 0.29) is 12.1 Å². The van der Waals surface area contributed by atoms with Crippen LogP contribution in [0.3, 0.4) is 0 Å². The van der Waals surface area contributed by atoms with E-state index in [1.165, 1.54) is 11.1 Å². The normalized spacial score (nSPS) is 32.0. The number of piperidine rings is 1. The van der Waals surface area contributed by atoms with E-state index in [0.29, 0.717) is 36.3 Å². The van der Waals surface area contributed by atoms with Crippen LogP contribution < -0.4 is 0 Å². The van der Waals surface area contributed by atoms with Crippen LogP contribution in [0.15, 0.2) is 18.5 Å². The summed E-state index contributed by atoms with van der Waals surface area (Å²) in [5, 5.41) is 10.1. The Hall–Kier alpha value is -1.32. The first-order valence-corrected chi connectivity index (χ1v) is 7.55.